The third kappa shape index (κ3) is 5.24. The van der Waals surface area contributed by atoms with Crippen molar-refractivity contribution in [3.63, 3.8) is 0 Å². The summed E-state index contributed by atoms with van der Waals surface area (Å²) in [6, 6.07) is 6.23. The SMILES string of the molecule is CN=C(NCCCc1nnc2n1CCCCC2)NCc1ccc(C)cc1OC. The normalized spacial score (nSPS) is 14.3. The zero-order valence-corrected chi connectivity index (χ0v) is 17.3. The maximum Gasteiger partial charge on any atom is 0.191 e. The Labute approximate surface area is 167 Å². The molecule has 0 amide bonds. The van der Waals surface area contributed by atoms with E-state index in [4.69, 9.17) is 4.74 Å². The molecular weight excluding hydrogens is 352 g/mol. The van der Waals surface area contributed by atoms with Crippen molar-refractivity contribution in [1.29, 1.82) is 0 Å². The molecule has 2 heterocycles. The molecule has 152 valence electrons. The number of hydrogen-bond acceptors (Lipinski definition) is 4. The van der Waals surface area contributed by atoms with E-state index in [-0.39, 0.29) is 0 Å². The van der Waals surface area contributed by atoms with Gasteiger partial charge in [0.05, 0.1) is 7.11 Å². The monoisotopic (exact) mass is 384 g/mol. The van der Waals surface area contributed by atoms with Gasteiger partial charge in [0.25, 0.3) is 0 Å². The van der Waals surface area contributed by atoms with E-state index >= 15 is 0 Å². The van der Waals surface area contributed by atoms with Gasteiger partial charge in [-0.25, -0.2) is 0 Å². The number of rotatable bonds is 7. The lowest BCUT2D eigenvalue weighted by molar-refractivity contribution is 0.408. The van der Waals surface area contributed by atoms with Gasteiger partial charge in [0, 0.05) is 45.1 Å². The lowest BCUT2D eigenvalue weighted by atomic mass is 10.1. The number of guanidine groups is 1. The molecule has 1 aromatic carbocycles. The van der Waals surface area contributed by atoms with Crippen molar-refractivity contribution >= 4 is 5.96 Å². The molecule has 0 unspecified atom stereocenters. The van der Waals surface area contributed by atoms with Crippen LogP contribution in [0.3, 0.4) is 0 Å². The van der Waals surface area contributed by atoms with Gasteiger partial charge in [0.1, 0.15) is 17.4 Å². The average Bonchev–Trinajstić information content (AvgIpc) is 2.94. The van der Waals surface area contributed by atoms with Crippen molar-refractivity contribution in [3.05, 3.63) is 41.0 Å². The summed E-state index contributed by atoms with van der Waals surface area (Å²) in [5.41, 5.74) is 2.30. The molecule has 1 aromatic heterocycles. The van der Waals surface area contributed by atoms with Crippen LogP contribution in [0.2, 0.25) is 0 Å². The first-order valence-corrected chi connectivity index (χ1v) is 10.2. The Kier molecular flexibility index (Phi) is 7.28. The van der Waals surface area contributed by atoms with E-state index in [1.165, 1.54) is 24.8 Å². The van der Waals surface area contributed by atoms with Gasteiger partial charge in [-0.15, -0.1) is 10.2 Å². The molecule has 0 fully saturated rings. The van der Waals surface area contributed by atoms with Gasteiger partial charge < -0.3 is 19.9 Å². The van der Waals surface area contributed by atoms with E-state index in [9.17, 15) is 0 Å². The predicted octanol–water partition coefficient (Wildman–Crippen LogP) is 2.62. The summed E-state index contributed by atoms with van der Waals surface area (Å²) in [5.74, 6) is 3.97. The summed E-state index contributed by atoms with van der Waals surface area (Å²) in [4.78, 5) is 4.31. The summed E-state index contributed by atoms with van der Waals surface area (Å²) in [6.07, 6.45) is 6.74. The van der Waals surface area contributed by atoms with Crippen LogP contribution >= 0.6 is 0 Å². The highest BCUT2D eigenvalue weighted by atomic mass is 16.5. The van der Waals surface area contributed by atoms with Crippen LogP contribution in [0.1, 0.15) is 48.5 Å². The second-order valence-electron chi connectivity index (χ2n) is 7.27. The van der Waals surface area contributed by atoms with Crippen LogP contribution in [0.4, 0.5) is 0 Å². The molecular formula is C21H32N6O. The number of hydrogen-bond donors (Lipinski definition) is 2. The molecule has 0 aliphatic carbocycles. The lowest BCUT2D eigenvalue weighted by Crippen LogP contribution is -2.37. The molecule has 0 saturated carbocycles. The van der Waals surface area contributed by atoms with Crippen molar-refractivity contribution < 1.29 is 4.74 Å². The minimum atomic E-state index is 0.667. The van der Waals surface area contributed by atoms with Crippen LogP contribution in [0.25, 0.3) is 0 Å². The fourth-order valence-electron chi connectivity index (χ4n) is 3.58. The van der Waals surface area contributed by atoms with Crippen molar-refractivity contribution in [1.82, 2.24) is 25.4 Å². The van der Waals surface area contributed by atoms with Crippen LogP contribution in [0.15, 0.2) is 23.2 Å². The molecule has 1 aliphatic rings. The molecule has 3 rings (SSSR count). The van der Waals surface area contributed by atoms with Crippen LogP contribution < -0.4 is 15.4 Å². The Hall–Kier alpha value is -2.57. The topological polar surface area (TPSA) is 76.4 Å². The highest BCUT2D eigenvalue weighted by Crippen LogP contribution is 2.19. The first-order valence-electron chi connectivity index (χ1n) is 10.2. The van der Waals surface area contributed by atoms with E-state index in [0.29, 0.717) is 6.54 Å². The summed E-state index contributed by atoms with van der Waals surface area (Å²) in [6.45, 7) is 4.63. The molecule has 28 heavy (non-hydrogen) atoms. The van der Waals surface area contributed by atoms with Crippen LogP contribution in [0, 0.1) is 6.92 Å². The van der Waals surface area contributed by atoms with Gasteiger partial charge >= 0.3 is 0 Å². The Bertz CT molecular complexity index is 798. The van der Waals surface area contributed by atoms with Crippen LogP contribution in [0.5, 0.6) is 5.75 Å². The Morgan fingerprint density at radius 1 is 1.21 bits per heavy atom. The van der Waals surface area contributed by atoms with Crippen molar-refractivity contribution in [2.45, 2.75) is 58.5 Å². The third-order valence-corrected chi connectivity index (χ3v) is 5.17. The number of benzene rings is 1. The van der Waals surface area contributed by atoms with Crippen molar-refractivity contribution in [2.24, 2.45) is 4.99 Å². The second-order valence-corrected chi connectivity index (χ2v) is 7.27. The molecule has 7 nitrogen and oxygen atoms in total. The lowest BCUT2D eigenvalue weighted by Gasteiger charge is -2.14. The Morgan fingerprint density at radius 2 is 2.11 bits per heavy atom. The van der Waals surface area contributed by atoms with E-state index < -0.39 is 0 Å². The van der Waals surface area contributed by atoms with Crippen LogP contribution in [-0.2, 0) is 25.9 Å². The zero-order valence-electron chi connectivity index (χ0n) is 17.3. The third-order valence-electron chi connectivity index (χ3n) is 5.17. The van der Waals surface area contributed by atoms with Gasteiger partial charge in [-0.05, 0) is 37.8 Å². The molecule has 0 saturated heterocycles. The maximum absolute atomic E-state index is 5.47. The van der Waals surface area contributed by atoms with E-state index in [2.05, 4.69) is 55.5 Å². The fraction of sp³-hybridized carbons (Fsp3) is 0.571. The average molecular weight is 385 g/mol. The van der Waals surface area contributed by atoms with Crippen molar-refractivity contribution in [2.75, 3.05) is 20.7 Å². The maximum atomic E-state index is 5.47. The standard InChI is InChI=1S/C21H32N6O/c1-16-10-11-17(18(14-16)28-3)15-24-21(22-2)23-12-7-9-20-26-25-19-8-5-4-6-13-27(19)20/h10-11,14H,4-9,12-13,15H2,1-3H3,(H2,22,23,24). The first-order chi connectivity index (χ1) is 13.7. The number of nitrogens with one attached hydrogen (secondary N) is 2. The minimum absolute atomic E-state index is 0.667. The number of aryl methyl sites for hydroxylation is 3. The fourth-order valence-corrected chi connectivity index (χ4v) is 3.58. The van der Waals surface area contributed by atoms with E-state index in [1.807, 2.05) is 0 Å². The van der Waals surface area contributed by atoms with Gasteiger partial charge in [0.2, 0.25) is 0 Å². The summed E-state index contributed by atoms with van der Waals surface area (Å²) >= 11 is 0. The highest BCUT2D eigenvalue weighted by Gasteiger charge is 2.14. The highest BCUT2D eigenvalue weighted by molar-refractivity contribution is 5.79. The number of aliphatic imine (C=N–C) groups is 1. The molecule has 7 heteroatoms. The Morgan fingerprint density at radius 3 is 2.93 bits per heavy atom. The summed E-state index contributed by atoms with van der Waals surface area (Å²) in [5, 5.41) is 15.5. The van der Waals surface area contributed by atoms with Crippen LogP contribution in [-0.4, -0.2) is 41.4 Å². The van der Waals surface area contributed by atoms with E-state index in [1.54, 1.807) is 14.2 Å². The molecule has 0 atom stereocenters. The molecule has 0 spiro atoms. The number of aromatic nitrogens is 3. The number of nitrogens with zero attached hydrogens (tertiary/aromatic N) is 4. The largest absolute Gasteiger partial charge is 0.496 e. The second kappa shape index (κ2) is 10.1. The molecule has 0 radical (unpaired) electrons. The Balaban J connectivity index is 1.44. The van der Waals surface area contributed by atoms with Gasteiger partial charge in [0.15, 0.2) is 5.96 Å². The quantitative estimate of drug-likeness (QED) is 0.436. The number of fused-ring (bicyclic) bond motifs is 1. The molecule has 2 aromatic rings. The van der Waals surface area contributed by atoms with Gasteiger partial charge in [-0.2, -0.15) is 0 Å². The molecule has 0 bridgehead atoms. The minimum Gasteiger partial charge on any atom is -0.496 e. The summed E-state index contributed by atoms with van der Waals surface area (Å²) < 4.78 is 7.79. The zero-order chi connectivity index (χ0) is 19.8. The molecule has 2 N–H and O–H groups in total. The molecule has 1 aliphatic heterocycles. The predicted molar refractivity (Wildman–Crippen MR) is 112 cm³/mol. The number of ether oxygens (including phenoxy) is 1. The smallest absolute Gasteiger partial charge is 0.191 e. The van der Waals surface area contributed by atoms with Crippen molar-refractivity contribution in [3.8, 4) is 5.75 Å². The summed E-state index contributed by atoms with van der Waals surface area (Å²) in [7, 11) is 3.50. The van der Waals surface area contributed by atoms with Gasteiger partial charge in [-0.3, -0.25) is 4.99 Å². The first kappa shape index (κ1) is 20.2. The van der Waals surface area contributed by atoms with E-state index in [0.717, 1.165) is 61.3 Å². The van der Waals surface area contributed by atoms with Gasteiger partial charge in [-0.1, -0.05) is 18.6 Å². The number of methoxy groups -OCH3 is 1.